The van der Waals surface area contributed by atoms with Crippen molar-refractivity contribution in [2.45, 2.75) is 63.9 Å². The summed E-state index contributed by atoms with van der Waals surface area (Å²) in [5, 5.41) is 5.94. The highest BCUT2D eigenvalue weighted by Gasteiger charge is 2.24. The fourth-order valence-corrected chi connectivity index (χ4v) is 4.26. The fourth-order valence-electron chi connectivity index (χ4n) is 4.26. The molecule has 0 spiro atoms. The van der Waals surface area contributed by atoms with Crippen molar-refractivity contribution in [3.05, 3.63) is 48.0 Å². The molecule has 1 aliphatic heterocycles. The van der Waals surface area contributed by atoms with Gasteiger partial charge in [0, 0.05) is 19.4 Å². The van der Waals surface area contributed by atoms with Gasteiger partial charge in [0.1, 0.15) is 6.10 Å². The van der Waals surface area contributed by atoms with Crippen LogP contribution in [0.15, 0.2) is 42.5 Å². The van der Waals surface area contributed by atoms with Crippen LogP contribution < -0.4 is 10.6 Å². The summed E-state index contributed by atoms with van der Waals surface area (Å²) < 4.78 is 5.61. The average molecular weight is 427 g/mol. The molecule has 31 heavy (non-hydrogen) atoms. The molecule has 2 N–H and O–H groups in total. The molecule has 1 aliphatic carbocycles. The first kappa shape index (κ1) is 23.0. The Morgan fingerprint density at radius 1 is 1.06 bits per heavy atom. The summed E-state index contributed by atoms with van der Waals surface area (Å²) in [6.07, 6.45) is 10.9. The van der Waals surface area contributed by atoms with Crippen LogP contribution in [0, 0.1) is 11.8 Å². The number of carbonyl (C=O) groups is 3. The second-order valence-electron chi connectivity index (χ2n) is 8.59. The Labute approximate surface area is 184 Å². The third-order valence-electron chi connectivity index (χ3n) is 6.12. The number of cyclic esters (lactones) is 1. The second kappa shape index (κ2) is 12.3. The average Bonchev–Trinajstić information content (AvgIpc) is 2.79. The first-order valence-electron chi connectivity index (χ1n) is 11.6. The van der Waals surface area contributed by atoms with Gasteiger partial charge in [0.05, 0.1) is 12.5 Å². The molecule has 168 valence electrons. The number of ether oxygens (including phenoxy) is 1. The molecule has 0 unspecified atom stereocenters. The number of nitrogens with one attached hydrogen (secondary N) is 2. The van der Waals surface area contributed by atoms with Gasteiger partial charge < -0.3 is 15.4 Å². The zero-order chi connectivity index (χ0) is 21.9. The van der Waals surface area contributed by atoms with Crippen molar-refractivity contribution in [1.82, 2.24) is 10.6 Å². The minimum atomic E-state index is -0.540. The molecular weight excluding hydrogens is 392 g/mol. The highest BCUT2D eigenvalue weighted by molar-refractivity contribution is 5.86. The van der Waals surface area contributed by atoms with E-state index < -0.39 is 12.0 Å². The lowest BCUT2D eigenvalue weighted by atomic mass is 9.89. The zero-order valence-electron chi connectivity index (χ0n) is 18.2. The Morgan fingerprint density at radius 3 is 2.61 bits per heavy atom. The second-order valence-corrected chi connectivity index (χ2v) is 8.59. The molecule has 2 aliphatic rings. The number of allylic oxidation sites excluding steroid dienone is 2. The van der Waals surface area contributed by atoms with Gasteiger partial charge in [-0.25, -0.2) is 0 Å². The van der Waals surface area contributed by atoms with Crippen LogP contribution in [-0.2, 0) is 19.1 Å². The molecule has 1 aromatic carbocycles. The molecule has 1 saturated carbocycles. The minimum Gasteiger partial charge on any atom is -0.456 e. The smallest absolute Gasteiger partial charge is 0.306 e. The van der Waals surface area contributed by atoms with Gasteiger partial charge in [-0.05, 0) is 37.2 Å². The van der Waals surface area contributed by atoms with Gasteiger partial charge in [-0.2, -0.15) is 0 Å². The normalized spacial score (nSPS) is 23.7. The maximum atomic E-state index is 12.9. The zero-order valence-corrected chi connectivity index (χ0v) is 18.2. The number of hydrogen-bond acceptors (Lipinski definition) is 4. The predicted molar refractivity (Wildman–Crippen MR) is 119 cm³/mol. The molecule has 2 atom stereocenters. The van der Waals surface area contributed by atoms with Crippen molar-refractivity contribution in [2.24, 2.45) is 11.8 Å². The predicted octanol–water partition coefficient (Wildman–Crippen LogP) is 3.83. The van der Waals surface area contributed by atoms with Crippen molar-refractivity contribution in [1.29, 1.82) is 0 Å². The van der Waals surface area contributed by atoms with E-state index in [0.29, 0.717) is 31.7 Å². The quantitative estimate of drug-likeness (QED) is 0.554. The van der Waals surface area contributed by atoms with Crippen molar-refractivity contribution in [2.75, 3.05) is 13.1 Å². The van der Waals surface area contributed by atoms with Crippen molar-refractivity contribution < 1.29 is 19.1 Å². The number of carbonyl (C=O) groups excluding carboxylic acids is 3. The lowest BCUT2D eigenvalue weighted by molar-refractivity contribution is -0.150. The first-order chi connectivity index (χ1) is 15.1. The van der Waals surface area contributed by atoms with Crippen LogP contribution in [0.2, 0.25) is 0 Å². The Kier molecular flexibility index (Phi) is 9.13. The summed E-state index contributed by atoms with van der Waals surface area (Å²) in [6, 6.07) is 9.41. The Hall–Kier alpha value is -2.63. The van der Waals surface area contributed by atoms with Gasteiger partial charge in [-0.15, -0.1) is 0 Å². The van der Waals surface area contributed by atoms with E-state index in [0.717, 1.165) is 5.56 Å². The third kappa shape index (κ3) is 7.85. The summed E-state index contributed by atoms with van der Waals surface area (Å²) in [7, 11) is 0. The molecule has 1 fully saturated rings. The molecule has 2 amide bonds. The third-order valence-corrected chi connectivity index (χ3v) is 6.12. The molecule has 3 rings (SSSR count). The molecule has 1 heterocycles. The Bertz CT molecular complexity index is 756. The van der Waals surface area contributed by atoms with Gasteiger partial charge >= 0.3 is 5.97 Å². The largest absolute Gasteiger partial charge is 0.456 e. The molecule has 0 saturated heterocycles. The minimum absolute atomic E-state index is 0.0720. The lowest BCUT2D eigenvalue weighted by Gasteiger charge is -2.23. The molecule has 1 aromatic rings. The van der Waals surface area contributed by atoms with Crippen LogP contribution in [0.4, 0.5) is 0 Å². The Balaban J connectivity index is 1.59. The van der Waals surface area contributed by atoms with Crippen LogP contribution in [0.25, 0.3) is 0 Å². The van der Waals surface area contributed by atoms with Crippen LogP contribution in [0.5, 0.6) is 0 Å². The van der Waals surface area contributed by atoms with Gasteiger partial charge in [0.15, 0.2) is 0 Å². The molecular formula is C25H34N2O4. The summed E-state index contributed by atoms with van der Waals surface area (Å²) in [4.78, 5) is 37.5. The fraction of sp³-hybridized carbons (Fsp3) is 0.560. The van der Waals surface area contributed by atoms with Gasteiger partial charge in [-0.1, -0.05) is 61.7 Å². The number of hydrogen-bond donors (Lipinski definition) is 2. The maximum Gasteiger partial charge on any atom is 0.306 e. The van der Waals surface area contributed by atoms with E-state index in [2.05, 4.69) is 10.6 Å². The maximum absolute atomic E-state index is 12.9. The first-order valence-corrected chi connectivity index (χ1v) is 11.6. The van der Waals surface area contributed by atoms with E-state index in [1.165, 1.54) is 32.1 Å². The van der Waals surface area contributed by atoms with Crippen molar-refractivity contribution in [3.8, 4) is 0 Å². The number of benzene rings is 1. The summed E-state index contributed by atoms with van der Waals surface area (Å²) in [5.74, 6) is -0.419. The Morgan fingerprint density at radius 2 is 1.84 bits per heavy atom. The van der Waals surface area contributed by atoms with E-state index >= 15 is 0 Å². The van der Waals surface area contributed by atoms with E-state index in [1.54, 1.807) is 0 Å². The monoisotopic (exact) mass is 426 g/mol. The van der Waals surface area contributed by atoms with Crippen LogP contribution >= 0.6 is 0 Å². The summed E-state index contributed by atoms with van der Waals surface area (Å²) >= 11 is 0. The molecule has 0 bridgehead atoms. The van der Waals surface area contributed by atoms with E-state index in [-0.39, 0.29) is 30.7 Å². The highest BCUT2D eigenvalue weighted by atomic mass is 16.5. The van der Waals surface area contributed by atoms with E-state index in [4.69, 9.17) is 4.74 Å². The number of esters is 1. The molecule has 0 radical (unpaired) electrons. The van der Waals surface area contributed by atoms with Gasteiger partial charge in [0.25, 0.3) is 0 Å². The SMILES string of the molecule is O=C(C[C@@H]1CC=CCCC(=O)O[C@H](c2ccccc2)CNC1=O)NCC1CCCCC1. The van der Waals surface area contributed by atoms with Crippen molar-refractivity contribution in [3.63, 3.8) is 0 Å². The number of amides is 2. The van der Waals surface area contributed by atoms with Crippen LogP contribution in [-0.4, -0.2) is 30.9 Å². The molecule has 6 heteroatoms. The van der Waals surface area contributed by atoms with E-state index in [9.17, 15) is 14.4 Å². The molecule has 0 aromatic heterocycles. The van der Waals surface area contributed by atoms with E-state index in [1.807, 2.05) is 42.5 Å². The number of rotatable bonds is 5. The van der Waals surface area contributed by atoms with Crippen molar-refractivity contribution >= 4 is 17.8 Å². The highest BCUT2D eigenvalue weighted by Crippen LogP contribution is 2.23. The summed E-state index contributed by atoms with van der Waals surface area (Å²) in [5.41, 5.74) is 0.838. The van der Waals surface area contributed by atoms with Crippen LogP contribution in [0.1, 0.15) is 69.5 Å². The lowest BCUT2D eigenvalue weighted by Crippen LogP contribution is -2.38. The molecule has 6 nitrogen and oxygen atoms in total. The summed E-state index contributed by atoms with van der Waals surface area (Å²) in [6.45, 7) is 0.896. The van der Waals surface area contributed by atoms with Crippen LogP contribution in [0.3, 0.4) is 0 Å². The standard InChI is InChI=1S/C25H34N2O4/c28-23(26-17-19-10-4-1-5-11-19)16-21-14-8-3-9-15-24(29)31-22(18-27-25(21)30)20-12-6-2-7-13-20/h2-3,6-8,12-13,19,21-22H,1,4-5,9-11,14-18H2,(H,26,28)(H,27,30)/t21-,22-/m0/s1. The van der Waals surface area contributed by atoms with Gasteiger partial charge in [-0.3, -0.25) is 14.4 Å². The topological polar surface area (TPSA) is 84.5 Å². The van der Waals surface area contributed by atoms with Gasteiger partial charge in [0.2, 0.25) is 11.8 Å².